The van der Waals surface area contributed by atoms with Gasteiger partial charge in [-0.1, -0.05) is 29.8 Å². The van der Waals surface area contributed by atoms with Crippen molar-refractivity contribution >= 4 is 11.9 Å². The minimum absolute atomic E-state index is 0.183. The van der Waals surface area contributed by atoms with Crippen molar-refractivity contribution in [2.45, 2.75) is 33.6 Å². The largest absolute Gasteiger partial charge is 0.465 e. The van der Waals surface area contributed by atoms with Gasteiger partial charge in [0.1, 0.15) is 0 Å². The number of carbonyl (C=O) groups excluding carboxylic acids is 2. The van der Waals surface area contributed by atoms with Crippen LogP contribution in [0.1, 0.15) is 36.1 Å². The highest BCUT2D eigenvalue weighted by molar-refractivity contribution is 6.01. The number of fused-ring (bicyclic) bond motifs is 1. The lowest BCUT2D eigenvalue weighted by Gasteiger charge is -2.23. The molecule has 1 aliphatic rings. The summed E-state index contributed by atoms with van der Waals surface area (Å²) in [7, 11) is 0. The molecule has 0 radical (unpaired) electrons. The molecule has 0 unspecified atom stereocenters. The normalized spacial score (nSPS) is 14.1. The maximum absolute atomic E-state index is 12.7. The molecule has 2 aromatic rings. The second-order valence-electron chi connectivity index (χ2n) is 7.02. The number of ether oxygens (including phenoxy) is 2. The molecule has 0 N–H and O–H groups in total. The Morgan fingerprint density at radius 2 is 1.54 bits per heavy atom. The molecule has 0 aliphatic heterocycles. The first-order valence-electron chi connectivity index (χ1n) is 9.42. The summed E-state index contributed by atoms with van der Waals surface area (Å²) in [5, 5.41) is 9.65. The van der Waals surface area contributed by atoms with Crippen LogP contribution in [0.2, 0.25) is 0 Å². The van der Waals surface area contributed by atoms with E-state index in [1.54, 1.807) is 19.9 Å². The molecule has 144 valence electrons. The Morgan fingerprint density at radius 3 is 2.04 bits per heavy atom. The molecule has 0 aromatic heterocycles. The second kappa shape index (κ2) is 7.85. The number of nitrogens with zero attached hydrogens (tertiary/aromatic N) is 1. The van der Waals surface area contributed by atoms with E-state index in [-0.39, 0.29) is 26.1 Å². The molecule has 3 rings (SSSR count). The van der Waals surface area contributed by atoms with E-state index in [1.165, 1.54) is 0 Å². The van der Waals surface area contributed by atoms with Crippen LogP contribution in [-0.2, 0) is 31.9 Å². The summed E-state index contributed by atoms with van der Waals surface area (Å²) in [4.78, 5) is 25.4. The van der Waals surface area contributed by atoms with Crippen LogP contribution >= 0.6 is 0 Å². The highest BCUT2D eigenvalue weighted by atomic mass is 16.6. The number of carbonyl (C=O) groups is 2. The Kier molecular flexibility index (Phi) is 5.51. The molecule has 5 heteroatoms. The lowest BCUT2D eigenvalue weighted by Crippen LogP contribution is -2.43. The number of nitriles is 1. The molecule has 1 aliphatic carbocycles. The summed E-state index contributed by atoms with van der Waals surface area (Å²) in [5.41, 5.74) is 3.68. The number of benzene rings is 2. The van der Waals surface area contributed by atoms with Gasteiger partial charge in [0.25, 0.3) is 0 Å². The first-order valence-corrected chi connectivity index (χ1v) is 9.42. The Morgan fingerprint density at radius 1 is 1.00 bits per heavy atom. The van der Waals surface area contributed by atoms with Crippen molar-refractivity contribution in [3.05, 3.63) is 58.7 Å². The number of esters is 2. The summed E-state index contributed by atoms with van der Waals surface area (Å²) < 4.78 is 10.4. The minimum Gasteiger partial charge on any atom is -0.465 e. The predicted octanol–water partition coefficient (Wildman–Crippen LogP) is 3.74. The molecule has 0 heterocycles. The number of hydrogen-bond donors (Lipinski definition) is 0. The molecule has 0 amide bonds. The first kappa shape index (κ1) is 19.6. The molecular weight excluding hydrogens is 354 g/mol. The van der Waals surface area contributed by atoms with E-state index in [2.05, 4.69) is 6.07 Å². The van der Waals surface area contributed by atoms with Crippen LogP contribution in [0.25, 0.3) is 11.1 Å². The van der Waals surface area contributed by atoms with Gasteiger partial charge in [-0.05, 0) is 68.0 Å². The third kappa shape index (κ3) is 3.38. The minimum atomic E-state index is -1.38. The van der Waals surface area contributed by atoms with Gasteiger partial charge in [0.2, 0.25) is 0 Å². The van der Waals surface area contributed by atoms with Gasteiger partial charge in [0.15, 0.2) is 5.41 Å². The average molecular weight is 377 g/mol. The van der Waals surface area contributed by atoms with Crippen molar-refractivity contribution in [3.63, 3.8) is 0 Å². The van der Waals surface area contributed by atoms with Crippen molar-refractivity contribution < 1.29 is 19.1 Å². The van der Waals surface area contributed by atoms with E-state index in [1.807, 2.05) is 37.3 Å². The summed E-state index contributed by atoms with van der Waals surface area (Å²) in [6, 6.07) is 13.9. The fourth-order valence-electron chi connectivity index (χ4n) is 3.71. The number of hydrogen-bond acceptors (Lipinski definition) is 5. The fraction of sp³-hybridized carbons (Fsp3) is 0.348. The molecule has 0 atom stereocenters. The second-order valence-corrected chi connectivity index (χ2v) is 7.02. The molecule has 2 aromatic carbocycles. The van der Waals surface area contributed by atoms with Gasteiger partial charge in [-0.25, -0.2) is 0 Å². The van der Waals surface area contributed by atoms with Gasteiger partial charge in [-0.15, -0.1) is 0 Å². The first-order chi connectivity index (χ1) is 13.4. The molecule has 0 saturated heterocycles. The van der Waals surface area contributed by atoms with Gasteiger partial charge in [0, 0.05) is 0 Å². The average Bonchev–Trinajstić information content (AvgIpc) is 3.08. The Labute approximate surface area is 164 Å². The smallest absolute Gasteiger partial charge is 0.324 e. The van der Waals surface area contributed by atoms with Crippen LogP contribution in [0.3, 0.4) is 0 Å². The molecular formula is C23H23NO4. The fourth-order valence-corrected chi connectivity index (χ4v) is 3.71. The Balaban J connectivity index is 2.07. The van der Waals surface area contributed by atoms with Crippen molar-refractivity contribution in [3.8, 4) is 17.2 Å². The van der Waals surface area contributed by atoms with E-state index in [0.717, 1.165) is 27.8 Å². The third-order valence-electron chi connectivity index (χ3n) is 5.14. The molecule has 0 fully saturated rings. The molecule has 0 bridgehead atoms. The van der Waals surface area contributed by atoms with E-state index in [9.17, 15) is 14.9 Å². The lowest BCUT2D eigenvalue weighted by atomic mass is 9.84. The molecule has 0 spiro atoms. The van der Waals surface area contributed by atoms with E-state index >= 15 is 0 Å². The van der Waals surface area contributed by atoms with Crippen LogP contribution < -0.4 is 0 Å². The summed E-state index contributed by atoms with van der Waals surface area (Å²) in [5.74, 6) is -1.14. The van der Waals surface area contributed by atoms with E-state index in [4.69, 9.17) is 9.47 Å². The lowest BCUT2D eigenvalue weighted by molar-refractivity contribution is -0.171. The maximum Gasteiger partial charge on any atom is 0.324 e. The van der Waals surface area contributed by atoms with Crippen molar-refractivity contribution in [2.75, 3.05) is 13.2 Å². The summed E-state index contributed by atoms with van der Waals surface area (Å²) in [6.45, 7) is 5.80. The van der Waals surface area contributed by atoms with Crippen LogP contribution in [0.15, 0.2) is 36.4 Å². The van der Waals surface area contributed by atoms with Gasteiger partial charge < -0.3 is 9.47 Å². The van der Waals surface area contributed by atoms with Crippen molar-refractivity contribution in [2.24, 2.45) is 5.41 Å². The third-order valence-corrected chi connectivity index (χ3v) is 5.14. The van der Waals surface area contributed by atoms with E-state index in [0.29, 0.717) is 5.56 Å². The number of rotatable bonds is 5. The predicted molar refractivity (Wildman–Crippen MR) is 104 cm³/mol. The molecule has 28 heavy (non-hydrogen) atoms. The van der Waals surface area contributed by atoms with Gasteiger partial charge in [-0.2, -0.15) is 5.26 Å². The van der Waals surface area contributed by atoms with Crippen molar-refractivity contribution in [1.82, 2.24) is 0 Å². The zero-order chi connectivity index (χ0) is 20.3. The summed E-state index contributed by atoms with van der Waals surface area (Å²) in [6.07, 6.45) is 0.396. The molecule has 0 saturated carbocycles. The van der Waals surface area contributed by atoms with Crippen LogP contribution in [-0.4, -0.2) is 25.2 Å². The standard InChI is InChI=1S/C23H23NO4/c1-4-27-21(25)23(22(26)28-5-2)12-17-10-19(14-24)20(11-18(17)13-23)16-8-6-15(3)7-9-16/h6-11H,4-5,12-13H2,1-3H3. The van der Waals surface area contributed by atoms with Gasteiger partial charge in [-0.3, -0.25) is 9.59 Å². The SMILES string of the molecule is CCOC(=O)C1(C(=O)OCC)Cc2cc(C#N)c(-c3ccc(C)cc3)cc2C1. The van der Waals surface area contributed by atoms with Gasteiger partial charge in [0.05, 0.1) is 24.8 Å². The van der Waals surface area contributed by atoms with Crippen molar-refractivity contribution in [1.29, 1.82) is 5.26 Å². The maximum atomic E-state index is 12.7. The van der Waals surface area contributed by atoms with Crippen LogP contribution in [0.4, 0.5) is 0 Å². The quantitative estimate of drug-likeness (QED) is 0.586. The Hall–Kier alpha value is -3.13. The van der Waals surface area contributed by atoms with E-state index < -0.39 is 17.4 Å². The zero-order valence-electron chi connectivity index (χ0n) is 16.4. The number of aryl methyl sites for hydroxylation is 1. The van der Waals surface area contributed by atoms with Gasteiger partial charge >= 0.3 is 11.9 Å². The zero-order valence-corrected chi connectivity index (χ0v) is 16.4. The van der Waals surface area contributed by atoms with Crippen LogP contribution in [0.5, 0.6) is 0 Å². The topological polar surface area (TPSA) is 76.4 Å². The van der Waals surface area contributed by atoms with Crippen LogP contribution in [0, 0.1) is 23.7 Å². The summed E-state index contributed by atoms with van der Waals surface area (Å²) >= 11 is 0. The monoisotopic (exact) mass is 377 g/mol. The highest BCUT2D eigenvalue weighted by Crippen LogP contribution is 2.42. The molecule has 5 nitrogen and oxygen atoms in total. The Bertz CT molecular complexity index is 936. The highest BCUT2D eigenvalue weighted by Gasteiger charge is 2.53.